The molecule has 1 rings (SSSR count). The summed E-state index contributed by atoms with van der Waals surface area (Å²) in [6.07, 6.45) is -2.33. The third-order valence-electron chi connectivity index (χ3n) is 2.54. The largest absolute Gasteiger partial charge is 0.394 e. The van der Waals surface area contributed by atoms with E-state index in [1.165, 1.54) is 13.3 Å². The van der Waals surface area contributed by atoms with Crippen molar-refractivity contribution in [1.82, 2.24) is 5.32 Å². The molecule has 0 aromatic heterocycles. The maximum atomic E-state index is 10.9. The van der Waals surface area contributed by atoms with Crippen molar-refractivity contribution in [2.24, 2.45) is 0 Å². The van der Waals surface area contributed by atoms with Crippen LogP contribution in [0.25, 0.3) is 0 Å². The van der Waals surface area contributed by atoms with Gasteiger partial charge >= 0.3 is 0 Å². The van der Waals surface area contributed by atoms with Crippen molar-refractivity contribution in [3.63, 3.8) is 0 Å². The van der Waals surface area contributed by atoms with Gasteiger partial charge in [0.1, 0.15) is 18.3 Å². The summed E-state index contributed by atoms with van der Waals surface area (Å²) >= 11 is 0. The molecule has 0 aliphatic carbocycles. The van der Waals surface area contributed by atoms with Crippen LogP contribution in [0, 0.1) is 0 Å². The molecule has 5 unspecified atom stereocenters. The van der Waals surface area contributed by atoms with Gasteiger partial charge in [0.25, 0.3) is 0 Å². The second-order valence-corrected chi connectivity index (χ2v) is 4.48. The highest BCUT2D eigenvalue weighted by atomic mass is 16.5. The predicted octanol–water partition coefficient (Wildman–Crippen LogP) is -0.591. The fourth-order valence-electron chi connectivity index (χ4n) is 1.74. The van der Waals surface area contributed by atoms with Gasteiger partial charge in [0.15, 0.2) is 0 Å². The van der Waals surface area contributed by atoms with E-state index in [0.717, 1.165) is 0 Å². The van der Waals surface area contributed by atoms with Gasteiger partial charge in [-0.05, 0) is 6.92 Å². The zero-order valence-corrected chi connectivity index (χ0v) is 11.5. The van der Waals surface area contributed by atoms with Gasteiger partial charge < -0.3 is 25.4 Å². The van der Waals surface area contributed by atoms with Crippen LogP contribution in [-0.4, -0.2) is 58.3 Å². The van der Waals surface area contributed by atoms with Gasteiger partial charge in [-0.25, -0.2) is 0 Å². The quantitative estimate of drug-likeness (QED) is 0.534. The van der Waals surface area contributed by atoms with E-state index in [1.54, 1.807) is 6.92 Å². The molecule has 1 heterocycles. The van der Waals surface area contributed by atoms with Crippen LogP contribution < -0.4 is 5.32 Å². The summed E-state index contributed by atoms with van der Waals surface area (Å²) < 4.78 is 5.26. The van der Waals surface area contributed by atoms with E-state index in [2.05, 4.69) is 19.2 Å². The van der Waals surface area contributed by atoms with Crippen LogP contribution in [0.4, 0.5) is 0 Å². The van der Waals surface area contributed by atoms with E-state index in [4.69, 9.17) is 9.84 Å². The van der Waals surface area contributed by atoms with Crippen molar-refractivity contribution in [3.8, 4) is 0 Å². The Labute approximate surface area is 108 Å². The molecule has 1 amide bonds. The Kier molecular flexibility index (Phi) is 8.10. The third-order valence-corrected chi connectivity index (χ3v) is 2.54. The van der Waals surface area contributed by atoms with E-state index >= 15 is 0 Å². The Bertz CT molecular complexity index is 249. The van der Waals surface area contributed by atoms with Crippen LogP contribution in [0.3, 0.4) is 0 Å². The Hall–Kier alpha value is -0.690. The SMILES string of the molecule is CC(=O)NC1C(C)OC(CO)C(O)C1O.CCC. The highest BCUT2D eigenvalue weighted by molar-refractivity contribution is 5.73. The molecule has 0 aromatic carbocycles. The lowest BCUT2D eigenvalue weighted by Gasteiger charge is -2.41. The number of hydrogen-bond donors (Lipinski definition) is 4. The lowest BCUT2D eigenvalue weighted by Crippen LogP contribution is -2.63. The summed E-state index contributed by atoms with van der Waals surface area (Å²) in [6.45, 7) is 6.87. The standard InChI is InChI=1S/C9H17NO5.C3H8/c1-4-7(10-5(2)12)9(14)8(13)6(3-11)15-4;1-3-2/h4,6-9,11,13-14H,3H2,1-2H3,(H,10,12);3H2,1-2H3. The van der Waals surface area contributed by atoms with Crippen molar-refractivity contribution in [1.29, 1.82) is 0 Å². The summed E-state index contributed by atoms with van der Waals surface area (Å²) in [6, 6.07) is -0.653. The number of carbonyl (C=O) groups is 1. The van der Waals surface area contributed by atoms with Crippen molar-refractivity contribution < 1.29 is 24.9 Å². The van der Waals surface area contributed by atoms with Gasteiger partial charge in [-0.2, -0.15) is 0 Å². The Morgan fingerprint density at radius 1 is 1.28 bits per heavy atom. The van der Waals surface area contributed by atoms with Crippen molar-refractivity contribution in [2.45, 2.75) is 64.6 Å². The lowest BCUT2D eigenvalue weighted by atomic mass is 9.93. The smallest absolute Gasteiger partial charge is 0.217 e. The van der Waals surface area contributed by atoms with Gasteiger partial charge in [0.05, 0.1) is 18.8 Å². The van der Waals surface area contributed by atoms with Crippen molar-refractivity contribution in [3.05, 3.63) is 0 Å². The Morgan fingerprint density at radius 2 is 1.78 bits per heavy atom. The molecule has 1 saturated heterocycles. The topological polar surface area (TPSA) is 99.0 Å². The summed E-state index contributed by atoms with van der Waals surface area (Å²) in [7, 11) is 0. The molecule has 6 heteroatoms. The molecular formula is C12H25NO5. The first-order chi connectivity index (χ1) is 8.38. The molecule has 0 saturated carbocycles. The average molecular weight is 263 g/mol. The number of amides is 1. The maximum absolute atomic E-state index is 10.9. The highest BCUT2D eigenvalue weighted by Crippen LogP contribution is 2.20. The van der Waals surface area contributed by atoms with E-state index in [0.29, 0.717) is 0 Å². The van der Waals surface area contributed by atoms with E-state index in [-0.39, 0.29) is 12.5 Å². The predicted molar refractivity (Wildman–Crippen MR) is 67.0 cm³/mol. The monoisotopic (exact) mass is 263 g/mol. The molecule has 0 radical (unpaired) electrons. The summed E-state index contributed by atoms with van der Waals surface area (Å²) in [5, 5.41) is 30.6. The Balaban J connectivity index is 0.000000873. The number of carbonyl (C=O) groups excluding carboxylic acids is 1. The first kappa shape index (κ1) is 17.3. The van der Waals surface area contributed by atoms with Gasteiger partial charge in [-0.3, -0.25) is 4.79 Å². The number of hydrogen-bond acceptors (Lipinski definition) is 5. The average Bonchev–Trinajstić information content (AvgIpc) is 2.30. The molecule has 5 atom stereocenters. The molecule has 0 aromatic rings. The van der Waals surface area contributed by atoms with Crippen LogP contribution in [0.2, 0.25) is 0 Å². The molecule has 108 valence electrons. The van der Waals surface area contributed by atoms with Crippen LogP contribution >= 0.6 is 0 Å². The molecule has 1 aliphatic heterocycles. The van der Waals surface area contributed by atoms with Crippen LogP contribution in [0.1, 0.15) is 34.1 Å². The van der Waals surface area contributed by atoms with Crippen LogP contribution in [0.5, 0.6) is 0 Å². The number of aliphatic hydroxyl groups excluding tert-OH is 3. The molecule has 1 aliphatic rings. The van der Waals surface area contributed by atoms with E-state index in [9.17, 15) is 15.0 Å². The molecule has 6 nitrogen and oxygen atoms in total. The van der Waals surface area contributed by atoms with Crippen LogP contribution in [-0.2, 0) is 9.53 Å². The van der Waals surface area contributed by atoms with Crippen molar-refractivity contribution >= 4 is 5.91 Å². The number of aliphatic hydroxyl groups is 3. The minimum Gasteiger partial charge on any atom is -0.394 e. The zero-order chi connectivity index (χ0) is 14.3. The minimum absolute atomic E-state index is 0.302. The molecule has 1 fully saturated rings. The molecule has 18 heavy (non-hydrogen) atoms. The second kappa shape index (κ2) is 8.42. The molecule has 0 spiro atoms. The van der Waals surface area contributed by atoms with Crippen LogP contribution in [0.15, 0.2) is 0 Å². The molecule has 0 bridgehead atoms. The third kappa shape index (κ3) is 4.89. The summed E-state index contributed by atoms with van der Waals surface area (Å²) in [5.41, 5.74) is 0. The Morgan fingerprint density at radius 3 is 2.17 bits per heavy atom. The fraction of sp³-hybridized carbons (Fsp3) is 0.917. The first-order valence-electron chi connectivity index (χ1n) is 6.28. The van der Waals surface area contributed by atoms with Gasteiger partial charge in [-0.1, -0.05) is 20.3 Å². The molecule has 4 N–H and O–H groups in total. The maximum Gasteiger partial charge on any atom is 0.217 e. The van der Waals surface area contributed by atoms with Gasteiger partial charge in [0.2, 0.25) is 5.91 Å². The number of nitrogens with one attached hydrogen (secondary N) is 1. The van der Waals surface area contributed by atoms with Gasteiger partial charge in [0, 0.05) is 6.92 Å². The number of ether oxygens (including phenoxy) is 1. The van der Waals surface area contributed by atoms with E-state index < -0.39 is 30.5 Å². The zero-order valence-electron chi connectivity index (χ0n) is 11.5. The first-order valence-corrected chi connectivity index (χ1v) is 6.28. The second-order valence-electron chi connectivity index (χ2n) is 4.48. The normalized spacial score (nSPS) is 35.4. The molecular weight excluding hydrogens is 238 g/mol. The fourth-order valence-corrected chi connectivity index (χ4v) is 1.74. The van der Waals surface area contributed by atoms with E-state index in [1.807, 2.05) is 0 Å². The summed E-state index contributed by atoms with van der Waals surface area (Å²) in [4.78, 5) is 10.9. The lowest BCUT2D eigenvalue weighted by molar-refractivity contribution is -0.190. The van der Waals surface area contributed by atoms with Gasteiger partial charge in [-0.15, -0.1) is 0 Å². The minimum atomic E-state index is -1.19. The number of rotatable bonds is 2. The highest BCUT2D eigenvalue weighted by Gasteiger charge is 2.42. The summed E-state index contributed by atoms with van der Waals surface area (Å²) in [5.74, 6) is -0.302. The van der Waals surface area contributed by atoms with Crippen molar-refractivity contribution in [2.75, 3.05) is 6.61 Å².